The van der Waals surface area contributed by atoms with Gasteiger partial charge in [-0.2, -0.15) is 4.98 Å². The molecule has 0 bridgehead atoms. The zero-order valence-electron chi connectivity index (χ0n) is 11.9. The third-order valence-corrected chi connectivity index (χ3v) is 3.59. The third kappa shape index (κ3) is 2.87. The standard InChI is InChI=1S/C14H14F3N5/c1-21-2-4-22(5-3-21)14-19-8-18-13(20-14)9-6-10(15)12(17)11(16)7-9/h6-8H,2-5H2,1H3. The van der Waals surface area contributed by atoms with Crippen molar-refractivity contribution >= 4 is 5.95 Å². The normalized spacial score (nSPS) is 16.1. The Labute approximate surface area is 125 Å². The van der Waals surface area contributed by atoms with E-state index in [-0.39, 0.29) is 11.4 Å². The Kier molecular flexibility index (Phi) is 3.93. The summed E-state index contributed by atoms with van der Waals surface area (Å²) in [5.41, 5.74) is 0.0779. The van der Waals surface area contributed by atoms with E-state index in [1.807, 2.05) is 11.9 Å². The molecule has 0 radical (unpaired) electrons. The second kappa shape index (κ2) is 5.88. The molecule has 1 fully saturated rings. The molecule has 116 valence electrons. The molecule has 1 aromatic heterocycles. The summed E-state index contributed by atoms with van der Waals surface area (Å²) >= 11 is 0. The summed E-state index contributed by atoms with van der Waals surface area (Å²) in [6, 6.07) is 1.75. The van der Waals surface area contributed by atoms with Crippen molar-refractivity contribution in [2.24, 2.45) is 0 Å². The van der Waals surface area contributed by atoms with Crippen LogP contribution in [0.4, 0.5) is 19.1 Å². The minimum atomic E-state index is -1.50. The molecule has 0 spiro atoms. The van der Waals surface area contributed by atoms with Crippen LogP contribution in [-0.2, 0) is 0 Å². The molecule has 2 heterocycles. The third-order valence-electron chi connectivity index (χ3n) is 3.59. The quantitative estimate of drug-likeness (QED) is 0.790. The van der Waals surface area contributed by atoms with Gasteiger partial charge in [0.05, 0.1) is 0 Å². The Morgan fingerprint density at radius 3 is 2.23 bits per heavy atom. The highest BCUT2D eigenvalue weighted by Gasteiger charge is 2.18. The monoisotopic (exact) mass is 309 g/mol. The molecule has 0 N–H and O–H groups in total. The summed E-state index contributed by atoms with van der Waals surface area (Å²) in [6.45, 7) is 3.26. The van der Waals surface area contributed by atoms with Crippen molar-refractivity contribution in [3.8, 4) is 11.4 Å². The molecule has 5 nitrogen and oxygen atoms in total. The van der Waals surface area contributed by atoms with Crippen molar-refractivity contribution < 1.29 is 13.2 Å². The van der Waals surface area contributed by atoms with Gasteiger partial charge in [0.25, 0.3) is 0 Å². The molecule has 3 rings (SSSR count). The summed E-state index contributed by atoms with van der Waals surface area (Å²) < 4.78 is 39.7. The predicted molar refractivity (Wildman–Crippen MR) is 74.8 cm³/mol. The summed E-state index contributed by atoms with van der Waals surface area (Å²) in [7, 11) is 2.03. The average Bonchev–Trinajstić information content (AvgIpc) is 2.53. The van der Waals surface area contributed by atoms with Crippen molar-refractivity contribution in [1.29, 1.82) is 0 Å². The highest BCUT2D eigenvalue weighted by atomic mass is 19.2. The average molecular weight is 309 g/mol. The molecule has 1 aromatic carbocycles. The largest absolute Gasteiger partial charge is 0.338 e. The van der Waals surface area contributed by atoms with Crippen LogP contribution in [0.5, 0.6) is 0 Å². The van der Waals surface area contributed by atoms with Crippen LogP contribution in [0, 0.1) is 17.5 Å². The lowest BCUT2D eigenvalue weighted by Gasteiger charge is -2.32. The minimum absolute atomic E-state index is 0.0779. The molecule has 0 amide bonds. The van der Waals surface area contributed by atoms with E-state index in [0.29, 0.717) is 5.95 Å². The van der Waals surface area contributed by atoms with Gasteiger partial charge in [0.15, 0.2) is 23.3 Å². The van der Waals surface area contributed by atoms with Gasteiger partial charge in [0.1, 0.15) is 6.33 Å². The Bertz CT molecular complexity index is 663. The van der Waals surface area contributed by atoms with Crippen LogP contribution in [-0.4, -0.2) is 53.1 Å². The molecule has 8 heteroatoms. The van der Waals surface area contributed by atoms with Crippen molar-refractivity contribution in [3.05, 3.63) is 35.9 Å². The SMILES string of the molecule is CN1CCN(c2ncnc(-c3cc(F)c(F)c(F)c3)n2)CC1. The molecule has 22 heavy (non-hydrogen) atoms. The second-order valence-corrected chi connectivity index (χ2v) is 5.15. The lowest BCUT2D eigenvalue weighted by molar-refractivity contribution is 0.311. The lowest BCUT2D eigenvalue weighted by Crippen LogP contribution is -2.45. The van der Waals surface area contributed by atoms with Crippen molar-refractivity contribution in [2.45, 2.75) is 0 Å². The fraction of sp³-hybridized carbons (Fsp3) is 0.357. The van der Waals surface area contributed by atoms with Crippen LogP contribution in [0.2, 0.25) is 0 Å². The van der Waals surface area contributed by atoms with Gasteiger partial charge in [-0.3, -0.25) is 0 Å². The Hall–Kier alpha value is -2.22. The van der Waals surface area contributed by atoms with Gasteiger partial charge < -0.3 is 9.80 Å². The van der Waals surface area contributed by atoms with Gasteiger partial charge in [-0.15, -0.1) is 0 Å². The maximum atomic E-state index is 13.3. The topological polar surface area (TPSA) is 45.2 Å². The first-order chi connectivity index (χ1) is 10.5. The minimum Gasteiger partial charge on any atom is -0.338 e. The Morgan fingerprint density at radius 1 is 0.955 bits per heavy atom. The number of nitrogens with zero attached hydrogens (tertiary/aromatic N) is 5. The van der Waals surface area contributed by atoms with Gasteiger partial charge in [-0.1, -0.05) is 0 Å². The smallest absolute Gasteiger partial charge is 0.228 e. The van der Waals surface area contributed by atoms with Crippen LogP contribution in [0.25, 0.3) is 11.4 Å². The number of hydrogen-bond donors (Lipinski definition) is 0. The first-order valence-corrected chi connectivity index (χ1v) is 6.82. The zero-order valence-corrected chi connectivity index (χ0v) is 11.9. The number of aromatic nitrogens is 3. The van der Waals surface area contributed by atoms with Crippen LogP contribution in [0.1, 0.15) is 0 Å². The lowest BCUT2D eigenvalue weighted by atomic mass is 10.2. The van der Waals surface area contributed by atoms with E-state index in [0.717, 1.165) is 38.3 Å². The van der Waals surface area contributed by atoms with Gasteiger partial charge in [-0.05, 0) is 19.2 Å². The van der Waals surface area contributed by atoms with Crippen LogP contribution in [0.3, 0.4) is 0 Å². The van der Waals surface area contributed by atoms with Gasteiger partial charge in [0.2, 0.25) is 5.95 Å². The number of rotatable bonds is 2. The van der Waals surface area contributed by atoms with Crippen LogP contribution < -0.4 is 4.90 Å². The van der Waals surface area contributed by atoms with E-state index in [1.54, 1.807) is 0 Å². The van der Waals surface area contributed by atoms with Gasteiger partial charge in [-0.25, -0.2) is 23.1 Å². The maximum absolute atomic E-state index is 13.3. The molecule has 2 aromatic rings. The van der Waals surface area contributed by atoms with Gasteiger partial charge in [0, 0.05) is 31.7 Å². The molecule has 0 unspecified atom stereocenters. The van der Waals surface area contributed by atoms with E-state index in [4.69, 9.17) is 0 Å². The van der Waals surface area contributed by atoms with Crippen molar-refractivity contribution in [1.82, 2.24) is 19.9 Å². The maximum Gasteiger partial charge on any atom is 0.228 e. The van der Waals surface area contributed by atoms with E-state index in [1.165, 1.54) is 6.33 Å². The molecular weight excluding hydrogens is 295 g/mol. The first kappa shape index (κ1) is 14.7. The number of benzene rings is 1. The number of anilines is 1. The van der Waals surface area contributed by atoms with Crippen molar-refractivity contribution in [2.75, 3.05) is 38.1 Å². The number of halogens is 3. The number of hydrogen-bond acceptors (Lipinski definition) is 5. The van der Waals surface area contributed by atoms with E-state index in [9.17, 15) is 13.2 Å². The van der Waals surface area contributed by atoms with Crippen LogP contribution in [0.15, 0.2) is 18.5 Å². The van der Waals surface area contributed by atoms with E-state index >= 15 is 0 Å². The van der Waals surface area contributed by atoms with Crippen molar-refractivity contribution in [3.63, 3.8) is 0 Å². The summed E-state index contributed by atoms with van der Waals surface area (Å²) in [4.78, 5) is 16.4. The summed E-state index contributed by atoms with van der Waals surface area (Å²) in [5, 5.41) is 0. The summed E-state index contributed by atoms with van der Waals surface area (Å²) in [5.74, 6) is -3.48. The molecule has 0 aliphatic carbocycles. The molecule has 1 aliphatic heterocycles. The Morgan fingerprint density at radius 2 is 1.59 bits per heavy atom. The fourth-order valence-electron chi connectivity index (χ4n) is 2.27. The molecule has 0 saturated carbocycles. The van der Waals surface area contributed by atoms with Crippen LogP contribution >= 0.6 is 0 Å². The Balaban J connectivity index is 1.91. The molecule has 1 aliphatic rings. The summed E-state index contributed by atoms with van der Waals surface area (Å²) in [6.07, 6.45) is 1.29. The highest BCUT2D eigenvalue weighted by molar-refractivity contribution is 5.56. The molecular formula is C14H14F3N5. The highest BCUT2D eigenvalue weighted by Crippen LogP contribution is 2.22. The number of likely N-dealkylation sites (N-methyl/N-ethyl adjacent to an activating group) is 1. The molecule has 0 atom stereocenters. The van der Waals surface area contributed by atoms with E-state index < -0.39 is 17.5 Å². The predicted octanol–water partition coefficient (Wildman–Crippen LogP) is 1.71. The van der Waals surface area contributed by atoms with Gasteiger partial charge >= 0.3 is 0 Å². The fourth-order valence-corrected chi connectivity index (χ4v) is 2.27. The second-order valence-electron chi connectivity index (χ2n) is 5.15. The molecule has 1 saturated heterocycles. The number of piperazine rings is 1. The zero-order chi connectivity index (χ0) is 15.7. The first-order valence-electron chi connectivity index (χ1n) is 6.82. The van der Waals surface area contributed by atoms with E-state index in [2.05, 4.69) is 19.9 Å².